The molecule has 31 heavy (non-hydrogen) atoms. The lowest BCUT2D eigenvalue weighted by Gasteiger charge is -2.20. The molecular formula is C23H21N3O3S2. The maximum absolute atomic E-state index is 6.16. The van der Waals surface area contributed by atoms with E-state index in [1.54, 1.807) is 11.8 Å². The van der Waals surface area contributed by atoms with Crippen LogP contribution in [0.15, 0.2) is 84.9 Å². The molecule has 6 nitrogen and oxygen atoms in total. The van der Waals surface area contributed by atoms with E-state index in [0.717, 1.165) is 17.3 Å². The standard InChI is InChI=1S/C23H21N3O3S2/c30-23-24-21(25-26-23)15-31-16-22(28-18-10-5-2-6-11-18)29-20-13-7-12-19(14-20)27-17-8-3-1-4-9-17/h1-14,22H,15-16H2,(H2,24,25,26,30). The Morgan fingerprint density at radius 2 is 1.45 bits per heavy atom. The number of rotatable bonds is 10. The van der Waals surface area contributed by atoms with Crippen LogP contribution in [0.4, 0.5) is 0 Å². The van der Waals surface area contributed by atoms with Gasteiger partial charge in [-0.3, -0.25) is 5.10 Å². The molecule has 0 saturated carbocycles. The van der Waals surface area contributed by atoms with Crippen LogP contribution < -0.4 is 14.2 Å². The fourth-order valence-electron chi connectivity index (χ4n) is 2.76. The van der Waals surface area contributed by atoms with E-state index in [9.17, 15) is 0 Å². The van der Waals surface area contributed by atoms with Gasteiger partial charge in [0.1, 0.15) is 28.8 Å². The van der Waals surface area contributed by atoms with Crippen LogP contribution in [0.5, 0.6) is 23.0 Å². The van der Waals surface area contributed by atoms with Crippen molar-refractivity contribution in [1.29, 1.82) is 0 Å². The van der Waals surface area contributed by atoms with Crippen LogP contribution >= 0.6 is 24.0 Å². The summed E-state index contributed by atoms with van der Waals surface area (Å²) in [5.41, 5.74) is 0. The van der Waals surface area contributed by atoms with Gasteiger partial charge in [-0.1, -0.05) is 42.5 Å². The van der Waals surface area contributed by atoms with Crippen LogP contribution in [0.2, 0.25) is 0 Å². The van der Waals surface area contributed by atoms with E-state index in [1.807, 2.05) is 84.9 Å². The van der Waals surface area contributed by atoms with Crippen molar-refractivity contribution >= 4 is 24.0 Å². The Labute approximate surface area is 189 Å². The zero-order chi connectivity index (χ0) is 21.3. The predicted octanol–water partition coefficient (Wildman–Crippen LogP) is 5.98. The summed E-state index contributed by atoms with van der Waals surface area (Å²) < 4.78 is 18.7. The number of aromatic amines is 2. The summed E-state index contributed by atoms with van der Waals surface area (Å²) in [5.74, 6) is 4.89. The lowest BCUT2D eigenvalue weighted by molar-refractivity contribution is 0.0263. The van der Waals surface area contributed by atoms with Crippen LogP contribution in [0, 0.1) is 4.77 Å². The molecule has 0 amide bonds. The van der Waals surface area contributed by atoms with Gasteiger partial charge in [0.2, 0.25) is 6.29 Å². The summed E-state index contributed by atoms with van der Waals surface area (Å²) in [4.78, 5) is 3.01. The van der Waals surface area contributed by atoms with Crippen molar-refractivity contribution in [3.05, 3.63) is 95.5 Å². The average Bonchev–Trinajstić information content (AvgIpc) is 3.20. The molecule has 0 bridgehead atoms. The van der Waals surface area contributed by atoms with Gasteiger partial charge in [-0.05, 0) is 48.6 Å². The molecule has 1 unspecified atom stereocenters. The molecule has 0 saturated heterocycles. The van der Waals surface area contributed by atoms with Crippen molar-refractivity contribution in [2.75, 3.05) is 5.75 Å². The molecular weight excluding hydrogens is 430 g/mol. The lowest BCUT2D eigenvalue weighted by atomic mass is 10.3. The molecule has 0 fully saturated rings. The number of ether oxygens (including phenoxy) is 3. The summed E-state index contributed by atoms with van der Waals surface area (Å²) in [5, 5.41) is 6.86. The van der Waals surface area contributed by atoms with Gasteiger partial charge in [0.15, 0.2) is 4.77 Å². The third-order valence-corrected chi connectivity index (χ3v) is 5.28. The van der Waals surface area contributed by atoms with Crippen LogP contribution in [0.1, 0.15) is 5.82 Å². The summed E-state index contributed by atoms with van der Waals surface area (Å²) >= 11 is 6.66. The molecule has 2 N–H and O–H groups in total. The Hall–Kier alpha value is -3.23. The van der Waals surface area contributed by atoms with E-state index >= 15 is 0 Å². The van der Waals surface area contributed by atoms with Crippen molar-refractivity contribution < 1.29 is 14.2 Å². The van der Waals surface area contributed by atoms with Gasteiger partial charge in [-0.15, -0.1) is 11.8 Å². The Morgan fingerprint density at radius 3 is 2.16 bits per heavy atom. The summed E-state index contributed by atoms with van der Waals surface area (Å²) in [7, 11) is 0. The highest BCUT2D eigenvalue weighted by atomic mass is 32.2. The number of H-pyrrole nitrogens is 2. The smallest absolute Gasteiger partial charge is 0.250 e. The maximum atomic E-state index is 6.16. The molecule has 1 atom stereocenters. The number of benzene rings is 3. The molecule has 158 valence electrons. The molecule has 0 aliphatic heterocycles. The van der Waals surface area contributed by atoms with Gasteiger partial charge in [0, 0.05) is 6.07 Å². The number of nitrogens with zero attached hydrogens (tertiary/aromatic N) is 1. The van der Waals surface area contributed by atoms with Crippen LogP contribution in [-0.2, 0) is 5.75 Å². The normalized spacial score (nSPS) is 11.6. The highest BCUT2D eigenvalue weighted by Gasteiger charge is 2.14. The Bertz CT molecular complexity index is 1130. The Morgan fingerprint density at radius 1 is 0.806 bits per heavy atom. The summed E-state index contributed by atoms with van der Waals surface area (Å²) in [6.45, 7) is 0. The third-order valence-electron chi connectivity index (χ3n) is 4.11. The first-order chi connectivity index (χ1) is 15.2. The largest absolute Gasteiger partial charge is 0.457 e. The van der Waals surface area contributed by atoms with Crippen LogP contribution in [0.25, 0.3) is 0 Å². The van der Waals surface area contributed by atoms with Gasteiger partial charge in [0.25, 0.3) is 0 Å². The topological polar surface area (TPSA) is 72.2 Å². The fourth-order valence-corrected chi connectivity index (χ4v) is 3.70. The number of aromatic nitrogens is 3. The van der Waals surface area contributed by atoms with Gasteiger partial charge >= 0.3 is 0 Å². The highest BCUT2D eigenvalue weighted by Crippen LogP contribution is 2.27. The quantitative estimate of drug-likeness (QED) is 0.228. The van der Waals surface area contributed by atoms with Gasteiger partial charge in [0.05, 0.1) is 11.5 Å². The molecule has 1 aromatic heterocycles. The first-order valence-electron chi connectivity index (χ1n) is 9.67. The van der Waals surface area contributed by atoms with E-state index in [1.165, 1.54) is 0 Å². The van der Waals surface area contributed by atoms with Gasteiger partial charge in [-0.2, -0.15) is 5.10 Å². The van der Waals surface area contributed by atoms with Crippen molar-refractivity contribution in [3.8, 4) is 23.0 Å². The second-order valence-electron chi connectivity index (χ2n) is 6.51. The summed E-state index contributed by atoms with van der Waals surface area (Å²) in [6, 6.07) is 26.8. The van der Waals surface area contributed by atoms with E-state index in [2.05, 4.69) is 15.2 Å². The van der Waals surface area contributed by atoms with Crippen LogP contribution in [0.3, 0.4) is 0 Å². The molecule has 0 aliphatic rings. The second kappa shape index (κ2) is 10.7. The Balaban J connectivity index is 1.43. The second-order valence-corrected chi connectivity index (χ2v) is 7.95. The molecule has 4 aromatic rings. The van der Waals surface area contributed by atoms with Crippen molar-refractivity contribution in [2.24, 2.45) is 0 Å². The monoisotopic (exact) mass is 451 g/mol. The average molecular weight is 452 g/mol. The fraction of sp³-hybridized carbons (Fsp3) is 0.130. The third kappa shape index (κ3) is 6.63. The zero-order valence-electron chi connectivity index (χ0n) is 16.6. The number of thioether (sulfide) groups is 1. The zero-order valence-corrected chi connectivity index (χ0v) is 18.2. The minimum Gasteiger partial charge on any atom is -0.457 e. The maximum Gasteiger partial charge on any atom is 0.250 e. The first-order valence-corrected chi connectivity index (χ1v) is 11.2. The van der Waals surface area contributed by atoms with E-state index in [-0.39, 0.29) is 0 Å². The molecule has 4 rings (SSSR count). The summed E-state index contributed by atoms with van der Waals surface area (Å²) in [6.07, 6.45) is -0.499. The molecule has 8 heteroatoms. The molecule has 3 aromatic carbocycles. The van der Waals surface area contributed by atoms with Crippen molar-refractivity contribution in [2.45, 2.75) is 12.0 Å². The molecule has 1 heterocycles. The van der Waals surface area contributed by atoms with Gasteiger partial charge in [-0.25, -0.2) is 0 Å². The van der Waals surface area contributed by atoms with E-state index in [4.69, 9.17) is 26.4 Å². The number of hydrogen-bond donors (Lipinski definition) is 2. The van der Waals surface area contributed by atoms with Crippen molar-refractivity contribution in [3.63, 3.8) is 0 Å². The Kier molecular flexibility index (Phi) is 7.25. The lowest BCUT2D eigenvalue weighted by Crippen LogP contribution is -2.26. The number of hydrogen-bond acceptors (Lipinski definition) is 6. The van der Waals surface area contributed by atoms with E-state index in [0.29, 0.717) is 27.8 Å². The minimum atomic E-state index is -0.499. The SMILES string of the molecule is S=c1[nH]nc(CSCC(Oc2ccccc2)Oc2cccc(Oc3ccccc3)c2)[nH]1. The number of nitrogens with one attached hydrogen (secondary N) is 2. The molecule has 0 spiro atoms. The van der Waals surface area contributed by atoms with E-state index < -0.39 is 6.29 Å². The highest BCUT2D eigenvalue weighted by molar-refractivity contribution is 7.98. The van der Waals surface area contributed by atoms with Crippen molar-refractivity contribution in [1.82, 2.24) is 15.2 Å². The van der Waals surface area contributed by atoms with Crippen LogP contribution in [-0.4, -0.2) is 27.2 Å². The predicted molar refractivity (Wildman–Crippen MR) is 124 cm³/mol. The number of para-hydroxylation sites is 2. The van der Waals surface area contributed by atoms with Gasteiger partial charge < -0.3 is 19.2 Å². The first kappa shape index (κ1) is 21.0. The minimum absolute atomic E-state index is 0.499. The molecule has 0 radical (unpaired) electrons. The molecule has 0 aliphatic carbocycles.